The van der Waals surface area contributed by atoms with Crippen molar-refractivity contribution in [3.63, 3.8) is 0 Å². The second-order valence-corrected chi connectivity index (χ2v) is 6.59. The van der Waals surface area contributed by atoms with Gasteiger partial charge in [-0.1, -0.05) is 23.7 Å². The molecule has 0 spiro atoms. The third-order valence-corrected chi connectivity index (χ3v) is 4.91. The Morgan fingerprint density at radius 2 is 1.62 bits per heavy atom. The van der Waals surface area contributed by atoms with Crippen LogP contribution in [-0.4, -0.2) is 6.54 Å². The summed E-state index contributed by atoms with van der Waals surface area (Å²) in [6.45, 7) is 3.06. The van der Waals surface area contributed by atoms with Gasteiger partial charge in [0.05, 0.1) is 0 Å². The predicted molar refractivity (Wildman–Crippen MR) is 103 cm³/mol. The van der Waals surface area contributed by atoms with Gasteiger partial charge in [0.25, 0.3) is 0 Å². The van der Waals surface area contributed by atoms with Crippen molar-refractivity contribution in [3.8, 4) is 11.1 Å². The number of fused-ring (bicyclic) bond motifs is 3. The van der Waals surface area contributed by atoms with E-state index in [2.05, 4.69) is 54.3 Å². The van der Waals surface area contributed by atoms with Crippen molar-refractivity contribution in [1.82, 2.24) is 0 Å². The van der Waals surface area contributed by atoms with Crippen molar-refractivity contribution in [2.75, 3.05) is 17.2 Å². The van der Waals surface area contributed by atoms with Gasteiger partial charge in [-0.05, 0) is 84.1 Å². The van der Waals surface area contributed by atoms with Gasteiger partial charge in [0.1, 0.15) is 0 Å². The number of halogens is 1. The molecular weight excluding hydrogens is 316 g/mol. The second kappa shape index (κ2) is 5.88. The molecular formula is C21H19ClN2. The zero-order valence-corrected chi connectivity index (χ0v) is 14.3. The average Bonchev–Trinajstić information content (AvgIpc) is 2.94. The summed E-state index contributed by atoms with van der Waals surface area (Å²) in [4.78, 5) is 2.30. The maximum Gasteiger partial charge on any atom is 0.0417 e. The summed E-state index contributed by atoms with van der Waals surface area (Å²) in [6, 6.07) is 20.9. The van der Waals surface area contributed by atoms with Crippen LogP contribution in [-0.2, 0) is 6.42 Å². The fourth-order valence-electron chi connectivity index (χ4n) is 3.50. The Morgan fingerprint density at radius 3 is 2.38 bits per heavy atom. The SMILES string of the molecule is CCN(c1ccc(Cl)cc1)c1ccc2c(c1)-c1ccc(N)cc1C2. The van der Waals surface area contributed by atoms with E-state index in [0.717, 1.165) is 29.4 Å². The van der Waals surface area contributed by atoms with Crippen LogP contribution in [0.4, 0.5) is 17.1 Å². The quantitative estimate of drug-likeness (QED) is 0.490. The monoisotopic (exact) mass is 334 g/mol. The molecule has 0 heterocycles. The van der Waals surface area contributed by atoms with E-state index in [1.54, 1.807) is 0 Å². The summed E-state index contributed by atoms with van der Waals surface area (Å²) >= 11 is 6.02. The highest BCUT2D eigenvalue weighted by atomic mass is 35.5. The highest BCUT2D eigenvalue weighted by molar-refractivity contribution is 6.30. The van der Waals surface area contributed by atoms with Gasteiger partial charge in [-0.2, -0.15) is 0 Å². The Labute approximate surface area is 147 Å². The lowest BCUT2D eigenvalue weighted by Crippen LogP contribution is -2.15. The highest BCUT2D eigenvalue weighted by Crippen LogP contribution is 2.40. The number of nitrogens with two attached hydrogens (primary N) is 1. The number of nitrogens with zero attached hydrogens (tertiary/aromatic N) is 1. The molecule has 0 amide bonds. The predicted octanol–water partition coefficient (Wildman–Crippen LogP) is 5.65. The largest absolute Gasteiger partial charge is 0.399 e. The third kappa shape index (κ3) is 2.53. The normalized spacial score (nSPS) is 11.9. The van der Waals surface area contributed by atoms with Crippen molar-refractivity contribution in [3.05, 3.63) is 76.8 Å². The molecule has 3 aromatic rings. The maximum absolute atomic E-state index is 6.02. The van der Waals surface area contributed by atoms with Crippen LogP contribution >= 0.6 is 11.6 Å². The zero-order chi connectivity index (χ0) is 16.7. The molecule has 24 heavy (non-hydrogen) atoms. The molecule has 0 bridgehead atoms. The number of hydrogen-bond donors (Lipinski definition) is 1. The lowest BCUT2D eigenvalue weighted by atomic mass is 10.0. The standard InChI is InChI=1S/C21H19ClN2/c1-2-24(18-8-4-16(22)5-9-18)19-7-3-14-11-15-12-17(23)6-10-20(15)21(14)13-19/h3-10,12-13H,2,11,23H2,1H3. The molecule has 3 aromatic carbocycles. The van der Waals surface area contributed by atoms with Crippen LogP contribution in [0, 0.1) is 0 Å². The first-order valence-corrected chi connectivity index (χ1v) is 8.58. The lowest BCUT2D eigenvalue weighted by molar-refractivity contribution is 1.02. The van der Waals surface area contributed by atoms with E-state index in [4.69, 9.17) is 17.3 Å². The first kappa shape index (κ1) is 15.1. The molecule has 120 valence electrons. The van der Waals surface area contributed by atoms with Gasteiger partial charge in [0.15, 0.2) is 0 Å². The van der Waals surface area contributed by atoms with Crippen LogP contribution in [0.3, 0.4) is 0 Å². The summed E-state index contributed by atoms with van der Waals surface area (Å²) in [5.41, 5.74) is 14.4. The molecule has 1 aliphatic rings. The molecule has 2 nitrogen and oxygen atoms in total. The number of anilines is 3. The molecule has 0 aliphatic heterocycles. The van der Waals surface area contributed by atoms with Crippen molar-refractivity contribution in [1.29, 1.82) is 0 Å². The molecule has 4 rings (SSSR count). The maximum atomic E-state index is 6.02. The van der Waals surface area contributed by atoms with Crippen LogP contribution in [0.25, 0.3) is 11.1 Å². The van der Waals surface area contributed by atoms with Crippen LogP contribution < -0.4 is 10.6 Å². The van der Waals surface area contributed by atoms with E-state index in [9.17, 15) is 0 Å². The molecule has 2 N–H and O–H groups in total. The molecule has 0 radical (unpaired) electrons. The lowest BCUT2D eigenvalue weighted by Gasteiger charge is -2.24. The van der Waals surface area contributed by atoms with Gasteiger partial charge >= 0.3 is 0 Å². The van der Waals surface area contributed by atoms with Gasteiger partial charge in [-0.3, -0.25) is 0 Å². The van der Waals surface area contributed by atoms with E-state index < -0.39 is 0 Å². The molecule has 0 unspecified atom stereocenters. The zero-order valence-electron chi connectivity index (χ0n) is 13.6. The second-order valence-electron chi connectivity index (χ2n) is 6.16. The number of rotatable bonds is 3. The summed E-state index contributed by atoms with van der Waals surface area (Å²) in [5, 5.41) is 0.760. The van der Waals surface area contributed by atoms with E-state index in [1.165, 1.54) is 27.9 Å². The van der Waals surface area contributed by atoms with Crippen molar-refractivity contribution in [2.24, 2.45) is 0 Å². The minimum Gasteiger partial charge on any atom is -0.399 e. The van der Waals surface area contributed by atoms with Crippen molar-refractivity contribution in [2.45, 2.75) is 13.3 Å². The van der Waals surface area contributed by atoms with Gasteiger partial charge in [-0.15, -0.1) is 0 Å². The van der Waals surface area contributed by atoms with Crippen LogP contribution in [0.2, 0.25) is 5.02 Å². The third-order valence-electron chi connectivity index (χ3n) is 4.66. The molecule has 0 fully saturated rings. The number of hydrogen-bond acceptors (Lipinski definition) is 2. The molecule has 0 aromatic heterocycles. The Hall–Kier alpha value is -2.45. The molecule has 0 saturated heterocycles. The number of nitrogen functional groups attached to an aromatic ring is 1. The van der Waals surface area contributed by atoms with Crippen LogP contribution in [0.15, 0.2) is 60.7 Å². The fourth-order valence-corrected chi connectivity index (χ4v) is 3.63. The first-order valence-electron chi connectivity index (χ1n) is 8.20. The molecule has 0 saturated carbocycles. The van der Waals surface area contributed by atoms with E-state index >= 15 is 0 Å². The summed E-state index contributed by atoms with van der Waals surface area (Å²) in [5.74, 6) is 0. The Balaban J connectivity index is 1.77. The van der Waals surface area contributed by atoms with Gasteiger partial charge in [0.2, 0.25) is 0 Å². The van der Waals surface area contributed by atoms with Crippen molar-refractivity contribution < 1.29 is 0 Å². The van der Waals surface area contributed by atoms with E-state index in [0.29, 0.717) is 0 Å². The van der Waals surface area contributed by atoms with Crippen molar-refractivity contribution >= 4 is 28.7 Å². The van der Waals surface area contributed by atoms with Crippen LogP contribution in [0.5, 0.6) is 0 Å². The average molecular weight is 335 g/mol. The molecule has 3 heteroatoms. The Bertz CT molecular complexity index is 900. The van der Waals surface area contributed by atoms with Gasteiger partial charge in [0, 0.05) is 28.6 Å². The Morgan fingerprint density at radius 1 is 0.875 bits per heavy atom. The molecule has 1 aliphatic carbocycles. The minimum absolute atomic E-state index is 0.760. The van der Waals surface area contributed by atoms with Crippen LogP contribution in [0.1, 0.15) is 18.1 Å². The Kier molecular flexibility index (Phi) is 3.70. The fraction of sp³-hybridized carbons (Fsp3) is 0.143. The topological polar surface area (TPSA) is 29.3 Å². The summed E-state index contributed by atoms with van der Waals surface area (Å²) < 4.78 is 0. The van der Waals surface area contributed by atoms with E-state index in [1.807, 2.05) is 18.2 Å². The first-order chi connectivity index (χ1) is 11.7. The molecule has 0 atom stereocenters. The minimum atomic E-state index is 0.760. The van der Waals surface area contributed by atoms with Gasteiger partial charge in [-0.25, -0.2) is 0 Å². The van der Waals surface area contributed by atoms with Gasteiger partial charge < -0.3 is 10.6 Å². The van der Waals surface area contributed by atoms with E-state index in [-0.39, 0.29) is 0 Å². The summed E-state index contributed by atoms with van der Waals surface area (Å²) in [6.07, 6.45) is 0.961. The summed E-state index contributed by atoms with van der Waals surface area (Å²) in [7, 11) is 0. The highest BCUT2D eigenvalue weighted by Gasteiger charge is 2.20. The number of benzene rings is 3. The smallest absolute Gasteiger partial charge is 0.0417 e.